The van der Waals surface area contributed by atoms with Crippen molar-refractivity contribution in [2.45, 2.75) is 12.5 Å². The van der Waals surface area contributed by atoms with Gasteiger partial charge in [-0.05, 0) is 17.5 Å². The van der Waals surface area contributed by atoms with E-state index in [0.717, 1.165) is 23.5 Å². The highest BCUT2D eigenvalue weighted by Crippen LogP contribution is 2.26. The van der Waals surface area contributed by atoms with Gasteiger partial charge in [-0.25, -0.2) is 4.79 Å². The van der Waals surface area contributed by atoms with Crippen molar-refractivity contribution in [3.8, 4) is 0 Å². The van der Waals surface area contributed by atoms with Gasteiger partial charge in [0.25, 0.3) is 0 Å². The predicted octanol–water partition coefficient (Wildman–Crippen LogP) is 1.97. The number of nitrogens with one attached hydrogen (secondary N) is 2. The smallest absolute Gasteiger partial charge is 0.320 e. The molecule has 2 heterocycles. The van der Waals surface area contributed by atoms with Crippen LogP contribution in [0.3, 0.4) is 0 Å². The number of fused-ring (bicyclic) bond motifs is 1. The first-order valence-electron chi connectivity index (χ1n) is 6.34. The molecule has 2 amide bonds. The van der Waals surface area contributed by atoms with Crippen molar-refractivity contribution in [2.75, 3.05) is 18.5 Å². The predicted molar refractivity (Wildman–Crippen MR) is 75.8 cm³/mol. The van der Waals surface area contributed by atoms with E-state index in [1.807, 2.05) is 18.2 Å². The average molecular weight is 290 g/mol. The normalized spacial score (nSPS) is 17.3. The molecule has 3 rings (SSSR count). The topological polar surface area (TPSA) is 76.1 Å². The molecule has 2 N–H and O–H groups in total. The largest absolute Gasteiger partial charge is 0.371 e. The van der Waals surface area contributed by atoms with Crippen molar-refractivity contribution in [3.63, 3.8) is 0 Å². The first kappa shape index (κ1) is 13.0. The standard InChI is InChI=1S/C13H14N4O2S/c18-13(16-12-8-15-17-20-12)14-7-11-10-4-2-1-3-9(10)5-6-19-11/h1-4,8,11H,5-7H2,(H2,14,16,18). The fourth-order valence-corrected chi connectivity index (χ4v) is 2.62. The second kappa shape index (κ2) is 5.98. The van der Waals surface area contributed by atoms with Gasteiger partial charge in [-0.15, -0.1) is 5.10 Å². The van der Waals surface area contributed by atoms with Gasteiger partial charge in [0, 0.05) is 18.1 Å². The number of carbonyl (C=O) groups is 1. The lowest BCUT2D eigenvalue weighted by Gasteiger charge is -2.26. The Bertz CT molecular complexity index is 588. The SMILES string of the molecule is O=C(NCC1OCCc2ccccc21)Nc1cnns1. The summed E-state index contributed by atoms with van der Waals surface area (Å²) in [6.45, 7) is 1.12. The molecule has 0 saturated heterocycles. The van der Waals surface area contributed by atoms with Gasteiger partial charge in [-0.1, -0.05) is 28.8 Å². The quantitative estimate of drug-likeness (QED) is 0.906. The first-order valence-corrected chi connectivity index (χ1v) is 7.12. The van der Waals surface area contributed by atoms with Gasteiger partial charge < -0.3 is 10.1 Å². The number of benzene rings is 1. The van der Waals surface area contributed by atoms with Crippen LogP contribution in [0.5, 0.6) is 0 Å². The first-order chi connectivity index (χ1) is 9.83. The molecule has 7 heteroatoms. The third-order valence-electron chi connectivity index (χ3n) is 3.14. The molecule has 0 spiro atoms. The van der Waals surface area contributed by atoms with Crippen LogP contribution in [0.2, 0.25) is 0 Å². The van der Waals surface area contributed by atoms with E-state index in [1.54, 1.807) is 0 Å². The van der Waals surface area contributed by atoms with Crippen molar-refractivity contribution >= 4 is 22.6 Å². The fourth-order valence-electron chi connectivity index (χ4n) is 2.21. The third-order valence-corrected chi connectivity index (χ3v) is 3.72. The van der Waals surface area contributed by atoms with Crippen molar-refractivity contribution in [3.05, 3.63) is 41.6 Å². The number of anilines is 1. The van der Waals surface area contributed by atoms with Gasteiger partial charge in [0.1, 0.15) is 11.1 Å². The van der Waals surface area contributed by atoms with Crippen LogP contribution in [0.15, 0.2) is 30.5 Å². The zero-order chi connectivity index (χ0) is 13.8. The molecule has 0 aliphatic carbocycles. The van der Waals surface area contributed by atoms with Gasteiger partial charge in [0.05, 0.1) is 12.8 Å². The molecule has 1 aromatic heterocycles. The van der Waals surface area contributed by atoms with Crippen molar-refractivity contribution in [1.29, 1.82) is 0 Å². The summed E-state index contributed by atoms with van der Waals surface area (Å²) in [4.78, 5) is 11.7. The van der Waals surface area contributed by atoms with Gasteiger partial charge in [-0.2, -0.15) is 0 Å². The zero-order valence-corrected chi connectivity index (χ0v) is 11.5. The molecule has 1 unspecified atom stereocenters. The fraction of sp³-hybridized carbons (Fsp3) is 0.308. The Kier molecular flexibility index (Phi) is 3.89. The molecule has 6 nitrogen and oxygen atoms in total. The number of rotatable bonds is 3. The highest BCUT2D eigenvalue weighted by atomic mass is 32.1. The molecule has 1 aromatic carbocycles. The highest BCUT2D eigenvalue weighted by Gasteiger charge is 2.20. The van der Waals surface area contributed by atoms with E-state index >= 15 is 0 Å². The zero-order valence-electron chi connectivity index (χ0n) is 10.7. The molecule has 0 radical (unpaired) electrons. The second-order valence-corrected chi connectivity index (χ2v) is 5.21. The van der Waals surface area contributed by atoms with E-state index in [2.05, 4.69) is 26.3 Å². The molecule has 0 bridgehead atoms. The summed E-state index contributed by atoms with van der Waals surface area (Å²) < 4.78 is 9.40. The Morgan fingerprint density at radius 1 is 1.45 bits per heavy atom. The van der Waals surface area contributed by atoms with Gasteiger partial charge in [0.2, 0.25) is 0 Å². The van der Waals surface area contributed by atoms with Gasteiger partial charge in [-0.3, -0.25) is 5.32 Å². The number of hydrogen-bond donors (Lipinski definition) is 2. The molecule has 0 fully saturated rings. The summed E-state index contributed by atoms with van der Waals surface area (Å²) in [5, 5.41) is 9.76. The van der Waals surface area contributed by atoms with Crippen LogP contribution in [0.1, 0.15) is 17.2 Å². The maximum atomic E-state index is 11.7. The molecule has 104 valence electrons. The molecule has 2 aromatic rings. The molecule has 20 heavy (non-hydrogen) atoms. The maximum Gasteiger partial charge on any atom is 0.320 e. The van der Waals surface area contributed by atoms with E-state index < -0.39 is 0 Å². The summed E-state index contributed by atoms with van der Waals surface area (Å²) in [6, 6.07) is 7.89. The summed E-state index contributed by atoms with van der Waals surface area (Å²) in [5.74, 6) is 0. The minimum Gasteiger partial charge on any atom is -0.371 e. The van der Waals surface area contributed by atoms with E-state index in [1.165, 1.54) is 11.8 Å². The number of aromatic nitrogens is 2. The van der Waals surface area contributed by atoms with Crippen LogP contribution in [0, 0.1) is 0 Å². The summed E-state index contributed by atoms with van der Waals surface area (Å²) in [5.41, 5.74) is 2.44. The van der Waals surface area contributed by atoms with Crippen LogP contribution in [-0.2, 0) is 11.2 Å². The second-order valence-electron chi connectivity index (χ2n) is 4.43. The van der Waals surface area contributed by atoms with E-state index in [9.17, 15) is 4.79 Å². The monoisotopic (exact) mass is 290 g/mol. The third kappa shape index (κ3) is 2.94. The van der Waals surface area contributed by atoms with Crippen molar-refractivity contribution < 1.29 is 9.53 Å². The lowest BCUT2D eigenvalue weighted by Crippen LogP contribution is -2.34. The summed E-state index contributed by atoms with van der Waals surface area (Å²) >= 11 is 1.14. The Hall–Kier alpha value is -1.99. The van der Waals surface area contributed by atoms with Crippen LogP contribution in [-0.4, -0.2) is 28.8 Å². The Balaban J connectivity index is 1.58. The number of ether oxygens (including phenoxy) is 1. The molecular formula is C13H14N4O2S. The lowest BCUT2D eigenvalue weighted by atomic mass is 9.98. The van der Waals surface area contributed by atoms with Crippen molar-refractivity contribution in [2.24, 2.45) is 0 Å². The molecule has 0 saturated carbocycles. The lowest BCUT2D eigenvalue weighted by molar-refractivity contribution is 0.0444. The van der Waals surface area contributed by atoms with Crippen LogP contribution >= 0.6 is 11.5 Å². The van der Waals surface area contributed by atoms with Crippen LogP contribution in [0.4, 0.5) is 9.80 Å². The summed E-state index contributed by atoms with van der Waals surface area (Å²) in [7, 11) is 0. The Labute approximate surface area is 120 Å². The number of nitrogens with zero attached hydrogens (tertiary/aromatic N) is 2. The number of hydrogen-bond acceptors (Lipinski definition) is 5. The maximum absolute atomic E-state index is 11.7. The van der Waals surface area contributed by atoms with E-state index in [-0.39, 0.29) is 12.1 Å². The molecular weight excluding hydrogens is 276 g/mol. The number of amides is 2. The Morgan fingerprint density at radius 2 is 2.35 bits per heavy atom. The Morgan fingerprint density at radius 3 is 3.20 bits per heavy atom. The van der Waals surface area contributed by atoms with Gasteiger partial charge >= 0.3 is 6.03 Å². The average Bonchev–Trinajstić information content (AvgIpc) is 2.98. The van der Waals surface area contributed by atoms with E-state index in [4.69, 9.17) is 4.74 Å². The van der Waals surface area contributed by atoms with Crippen molar-refractivity contribution in [1.82, 2.24) is 14.9 Å². The van der Waals surface area contributed by atoms with E-state index in [0.29, 0.717) is 18.2 Å². The number of urea groups is 1. The van der Waals surface area contributed by atoms with Gasteiger partial charge in [0.15, 0.2) is 0 Å². The molecule has 1 aliphatic rings. The minimum atomic E-state index is -0.275. The summed E-state index contributed by atoms with van der Waals surface area (Å²) in [6.07, 6.45) is 2.34. The van der Waals surface area contributed by atoms with Crippen LogP contribution in [0.25, 0.3) is 0 Å². The molecule has 1 aliphatic heterocycles. The minimum absolute atomic E-state index is 0.0923. The van der Waals surface area contributed by atoms with Crippen LogP contribution < -0.4 is 10.6 Å². The highest BCUT2D eigenvalue weighted by molar-refractivity contribution is 7.10. The molecule has 1 atom stereocenters. The number of carbonyl (C=O) groups excluding carboxylic acids is 1.